The molecule has 3 nitrogen and oxygen atoms in total. The summed E-state index contributed by atoms with van der Waals surface area (Å²) in [5.41, 5.74) is -0.595. The van der Waals surface area contributed by atoms with Crippen LogP contribution in [-0.2, 0) is 4.79 Å². The molecule has 0 radical (unpaired) electrons. The zero-order valence-corrected chi connectivity index (χ0v) is 13.8. The predicted molar refractivity (Wildman–Crippen MR) is 84.1 cm³/mol. The Morgan fingerprint density at radius 3 is 2.64 bits per heavy atom. The number of carbonyl (C=O) groups is 1. The monoisotopic (exact) mass is 304 g/mol. The van der Waals surface area contributed by atoms with Gasteiger partial charge in [0.25, 0.3) is 0 Å². The number of aliphatic hydroxyl groups is 2. The molecule has 0 aromatic heterocycles. The molecule has 2 N–H and O–H groups in total. The molecular formula is C19H28O3. The number of ketones is 1. The highest BCUT2D eigenvalue weighted by molar-refractivity contribution is 6.03. The molecule has 2 bridgehead atoms. The van der Waals surface area contributed by atoms with Gasteiger partial charge in [0.05, 0.1) is 17.1 Å². The van der Waals surface area contributed by atoms with Gasteiger partial charge < -0.3 is 10.2 Å². The predicted octanol–water partition coefficient (Wildman–Crippen LogP) is 2.85. The molecule has 4 fully saturated rings. The van der Waals surface area contributed by atoms with Gasteiger partial charge in [-0.3, -0.25) is 4.79 Å². The Bertz CT molecular complexity index is 551. The summed E-state index contributed by atoms with van der Waals surface area (Å²) in [5.74, 6) is 0.709. The van der Waals surface area contributed by atoms with Crippen LogP contribution in [0.5, 0.6) is 0 Å². The number of carbonyl (C=O) groups excluding carboxylic acids is 1. The van der Waals surface area contributed by atoms with E-state index in [1.165, 1.54) is 0 Å². The molecule has 0 amide bonds. The van der Waals surface area contributed by atoms with Gasteiger partial charge in [-0.2, -0.15) is 0 Å². The Labute approximate surface area is 132 Å². The van der Waals surface area contributed by atoms with E-state index in [9.17, 15) is 15.0 Å². The van der Waals surface area contributed by atoms with Crippen LogP contribution in [0.25, 0.3) is 0 Å². The number of Topliss-reactive ketones (excluding diaryl/α,β-unsaturated/α-hetero) is 1. The molecule has 3 heteroatoms. The topological polar surface area (TPSA) is 57.5 Å². The molecule has 22 heavy (non-hydrogen) atoms. The number of rotatable bonds is 0. The first-order chi connectivity index (χ1) is 10.2. The smallest absolute Gasteiger partial charge is 0.167 e. The summed E-state index contributed by atoms with van der Waals surface area (Å²) < 4.78 is 0. The molecule has 7 unspecified atom stereocenters. The van der Waals surface area contributed by atoms with Gasteiger partial charge in [-0.1, -0.05) is 19.9 Å². The third-order valence-electron chi connectivity index (χ3n) is 8.01. The normalized spacial score (nSPS) is 57.5. The Morgan fingerprint density at radius 1 is 1.18 bits per heavy atom. The van der Waals surface area contributed by atoms with Crippen molar-refractivity contribution in [3.63, 3.8) is 0 Å². The minimum Gasteiger partial charge on any atom is -0.392 e. The van der Waals surface area contributed by atoms with E-state index in [0.717, 1.165) is 44.1 Å². The van der Waals surface area contributed by atoms with E-state index < -0.39 is 17.1 Å². The van der Waals surface area contributed by atoms with Gasteiger partial charge in [-0.25, -0.2) is 0 Å². The Hall–Kier alpha value is -0.670. The van der Waals surface area contributed by atoms with Crippen LogP contribution in [0, 0.1) is 28.6 Å². The standard InChI is InChI=1S/C19H28O3/c1-11-12-5-6-13-17(2)7-4-8-18(3,22)14(17)9-15(20)19(13,10-12)16(11)21/h12-15,20,22H,1,4-10H2,2-3H3. The molecule has 4 aliphatic carbocycles. The Morgan fingerprint density at radius 2 is 1.91 bits per heavy atom. The summed E-state index contributed by atoms with van der Waals surface area (Å²) in [5, 5.41) is 21.9. The molecule has 0 aromatic rings. The van der Waals surface area contributed by atoms with Gasteiger partial charge >= 0.3 is 0 Å². The molecule has 7 atom stereocenters. The number of allylic oxidation sites excluding steroid dienone is 1. The summed E-state index contributed by atoms with van der Waals surface area (Å²) in [6, 6.07) is 0. The van der Waals surface area contributed by atoms with Crippen molar-refractivity contribution < 1.29 is 15.0 Å². The van der Waals surface area contributed by atoms with Gasteiger partial charge in [0.15, 0.2) is 5.78 Å². The second-order valence-electron chi connectivity index (χ2n) is 8.95. The first-order valence-corrected chi connectivity index (χ1v) is 8.87. The molecule has 0 aliphatic heterocycles. The number of fused-ring (bicyclic) bond motifs is 3. The van der Waals surface area contributed by atoms with E-state index in [-0.39, 0.29) is 29.0 Å². The lowest BCUT2D eigenvalue weighted by atomic mass is 9.42. The van der Waals surface area contributed by atoms with Crippen molar-refractivity contribution in [1.29, 1.82) is 0 Å². The van der Waals surface area contributed by atoms with E-state index in [2.05, 4.69) is 13.5 Å². The lowest BCUT2D eigenvalue weighted by Gasteiger charge is -2.63. The summed E-state index contributed by atoms with van der Waals surface area (Å²) in [4.78, 5) is 13.0. The van der Waals surface area contributed by atoms with Crippen LogP contribution in [0.1, 0.15) is 58.8 Å². The molecule has 1 spiro atoms. The Balaban J connectivity index is 1.84. The summed E-state index contributed by atoms with van der Waals surface area (Å²) >= 11 is 0. The largest absolute Gasteiger partial charge is 0.392 e. The number of aliphatic hydroxyl groups excluding tert-OH is 1. The highest BCUT2D eigenvalue weighted by atomic mass is 16.3. The molecule has 4 rings (SSSR count). The van der Waals surface area contributed by atoms with Crippen LogP contribution in [0.3, 0.4) is 0 Å². The van der Waals surface area contributed by atoms with Gasteiger partial charge in [0, 0.05) is 0 Å². The van der Waals surface area contributed by atoms with E-state index in [1.807, 2.05) is 6.92 Å². The summed E-state index contributed by atoms with van der Waals surface area (Å²) in [6.45, 7) is 8.25. The van der Waals surface area contributed by atoms with Gasteiger partial charge in [0.1, 0.15) is 0 Å². The van der Waals surface area contributed by atoms with E-state index >= 15 is 0 Å². The minimum absolute atomic E-state index is 0.0355. The van der Waals surface area contributed by atoms with Crippen molar-refractivity contribution in [2.24, 2.45) is 28.6 Å². The fourth-order valence-corrected chi connectivity index (χ4v) is 7.01. The quantitative estimate of drug-likeness (QED) is 0.677. The molecular weight excluding hydrogens is 276 g/mol. The van der Waals surface area contributed by atoms with Crippen molar-refractivity contribution in [3.8, 4) is 0 Å². The van der Waals surface area contributed by atoms with Gasteiger partial charge in [-0.05, 0) is 74.2 Å². The molecule has 4 aliphatic rings. The van der Waals surface area contributed by atoms with Crippen molar-refractivity contribution >= 4 is 5.78 Å². The first kappa shape index (κ1) is 14.9. The van der Waals surface area contributed by atoms with Crippen molar-refractivity contribution in [1.82, 2.24) is 0 Å². The summed E-state index contributed by atoms with van der Waals surface area (Å²) in [6.07, 6.45) is 5.65. The van der Waals surface area contributed by atoms with Crippen LogP contribution in [0.2, 0.25) is 0 Å². The van der Waals surface area contributed by atoms with Gasteiger partial charge in [0.2, 0.25) is 0 Å². The minimum atomic E-state index is -0.717. The van der Waals surface area contributed by atoms with Crippen LogP contribution < -0.4 is 0 Å². The third kappa shape index (κ3) is 1.52. The third-order valence-corrected chi connectivity index (χ3v) is 8.01. The molecule has 122 valence electrons. The van der Waals surface area contributed by atoms with Crippen LogP contribution in [0.4, 0.5) is 0 Å². The van der Waals surface area contributed by atoms with Crippen molar-refractivity contribution in [2.75, 3.05) is 0 Å². The zero-order chi connectivity index (χ0) is 15.9. The molecule has 0 heterocycles. The number of hydrogen-bond donors (Lipinski definition) is 2. The first-order valence-electron chi connectivity index (χ1n) is 8.87. The zero-order valence-electron chi connectivity index (χ0n) is 13.8. The lowest BCUT2D eigenvalue weighted by Crippen LogP contribution is -2.64. The van der Waals surface area contributed by atoms with E-state index in [0.29, 0.717) is 6.42 Å². The van der Waals surface area contributed by atoms with E-state index in [1.54, 1.807) is 0 Å². The fraction of sp³-hybridized carbons (Fsp3) is 0.842. The maximum absolute atomic E-state index is 13.0. The van der Waals surface area contributed by atoms with Crippen LogP contribution in [0.15, 0.2) is 12.2 Å². The van der Waals surface area contributed by atoms with Crippen LogP contribution >= 0.6 is 0 Å². The Kier molecular flexibility index (Phi) is 2.87. The average molecular weight is 304 g/mol. The van der Waals surface area contributed by atoms with Gasteiger partial charge in [-0.15, -0.1) is 0 Å². The molecule has 0 saturated heterocycles. The van der Waals surface area contributed by atoms with Crippen molar-refractivity contribution in [2.45, 2.75) is 70.5 Å². The second-order valence-corrected chi connectivity index (χ2v) is 8.95. The van der Waals surface area contributed by atoms with Crippen LogP contribution in [-0.4, -0.2) is 27.7 Å². The molecule has 4 saturated carbocycles. The lowest BCUT2D eigenvalue weighted by molar-refractivity contribution is -0.216. The number of hydrogen-bond acceptors (Lipinski definition) is 3. The maximum atomic E-state index is 13.0. The van der Waals surface area contributed by atoms with E-state index in [4.69, 9.17) is 0 Å². The highest BCUT2D eigenvalue weighted by Crippen LogP contribution is 2.69. The molecule has 0 aromatic carbocycles. The fourth-order valence-electron chi connectivity index (χ4n) is 7.01. The maximum Gasteiger partial charge on any atom is 0.167 e. The average Bonchev–Trinajstić information content (AvgIpc) is 2.64. The summed E-state index contributed by atoms with van der Waals surface area (Å²) in [7, 11) is 0. The van der Waals surface area contributed by atoms with Crippen molar-refractivity contribution in [3.05, 3.63) is 12.2 Å². The second kappa shape index (κ2) is 4.24. The SMILES string of the molecule is C=C1C(=O)C23CC1CCC2C1(C)CCCC(C)(O)C1CC3O. The highest BCUT2D eigenvalue weighted by Gasteiger charge is 2.70.